The van der Waals surface area contributed by atoms with Crippen molar-refractivity contribution in [3.8, 4) is 11.3 Å². The van der Waals surface area contributed by atoms with Crippen LogP contribution in [-0.2, 0) is 9.53 Å². The predicted octanol–water partition coefficient (Wildman–Crippen LogP) is 4.64. The quantitative estimate of drug-likeness (QED) is 0.272. The molecule has 2 aromatic rings. The lowest BCUT2D eigenvalue weighted by Crippen LogP contribution is -2.45. The van der Waals surface area contributed by atoms with Crippen molar-refractivity contribution in [2.45, 2.75) is 32.7 Å². The Morgan fingerprint density at radius 3 is 2.77 bits per heavy atom. The Balaban J connectivity index is 2.06. The molecule has 0 saturated heterocycles. The van der Waals surface area contributed by atoms with Crippen LogP contribution in [0.15, 0.2) is 46.0 Å². The van der Waals surface area contributed by atoms with Gasteiger partial charge in [-0.25, -0.2) is 4.79 Å². The number of allylic oxidation sites excluding steroid dienone is 1. The molecule has 0 amide bonds. The fraction of sp³-hybridized carbons (Fsp3) is 0.300. The van der Waals surface area contributed by atoms with E-state index < -0.39 is 16.9 Å². The second-order valence-electron chi connectivity index (χ2n) is 6.51. The third kappa shape index (κ3) is 4.47. The number of nitrogens with one attached hydrogen (secondary N) is 2. The van der Waals surface area contributed by atoms with Crippen LogP contribution in [0, 0.1) is 10.1 Å². The normalized spacial score (nSPS) is 16.1. The molecule has 1 aliphatic heterocycles. The fourth-order valence-corrected chi connectivity index (χ4v) is 3.65. The van der Waals surface area contributed by atoms with Crippen LogP contribution in [0.5, 0.6) is 0 Å². The second kappa shape index (κ2) is 9.27. The van der Waals surface area contributed by atoms with Crippen molar-refractivity contribution in [2.75, 3.05) is 6.61 Å². The number of benzene rings is 1. The molecule has 0 saturated carbocycles. The molecule has 3 rings (SSSR count). The van der Waals surface area contributed by atoms with E-state index in [9.17, 15) is 14.9 Å². The molecule has 1 aliphatic rings. The molecule has 8 nitrogen and oxygen atoms in total. The summed E-state index contributed by atoms with van der Waals surface area (Å²) in [6, 6.07) is 6.92. The summed E-state index contributed by atoms with van der Waals surface area (Å²) in [6.45, 7) is 3.94. The van der Waals surface area contributed by atoms with Gasteiger partial charge in [0.25, 0.3) is 5.69 Å². The van der Waals surface area contributed by atoms with Gasteiger partial charge in [0, 0.05) is 16.8 Å². The molecule has 1 aromatic carbocycles. The summed E-state index contributed by atoms with van der Waals surface area (Å²) in [6.07, 6.45) is 1.39. The zero-order valence-electron chi connectivity index (χ0n) is 16.4. The molecule has 2 N–H and O–H groups in total. The first kappa shape index (κ1) is 21.8. The molecular weight excluding hydrogens is 430 g/mol. The average molecular weight is 450 g/mol. The predicted molar refractivity (Wildman–Crippen MR) is 116 cm³/mol. The van der Waals surface area contributed by atoms with Crippen molar-refractivity contribution in [1.29, 1.82) is 0 Å². The van der Waals surface area contributed by atoms with Gasteiger partial charge in [-0.2, -0.15) is 0 Å². The van der Waals surface area contributed by atoms with Crippen LogP contribution in [0.3, 0.4) is 0 Å². The molecule has 0 unspecified atom stereocenters. The van der Waals surface area contributed by atoms with E-state index in [0.29, 0.717) is 28.6 Å². The maximum absolute atomic E-state index is 12.7. The number of carbonyl (C=O) groups is 1. The Bertz CT molecular complexity index is 1030. The van der Waals surface area contributed by atoms with Gasteiger partial charge in [-0.1, -0.05) is 24.9 Å². The van der Waals surface area contributed by atoms with Crippen LogP contribution in [0.25, 0.3) is 11.3 Å². The lowest BCUT2D eigenvalue weighted by molar-refractivity contribution is -0.384. The molecule has 1 aromatic heterocycles. The topological polar surface area (TPSA) is 107 Å². The lowest BCUT2D eigenvalue weighted by Gasteiger charge is -2.29. The van der Waals surface area contributed by atoms with Crippen molar-refractivity contribution >= 4 is 40.6 Å². The molecule has 0 bridgehead atoms. The van der Waals surface area contributed by atoms with Gasteiger partial charge < -0.3 is 19.8 Å². The summed E-state index contributed by atoms with van der Waals surface area (Å²) in [7, 11) is 0. The number of nitrogens with zero attached hydrogens (tertiary/aromatic N) is 1. The molecule has 30 heavy (non-hydrogen) atoms. The smallest absolute Gasteiger partial charge is 0.338 e. The number of nitro benzene ring substituents is 1. The molecule has 1 atom stereocenters. The number of hydrogen-bond donors (Lipinski definition) is 2. The molecular formula is C20H20ClN3O5S. The van der Waals surface area contributed by atoms with E-state index in [-0.39, 0.29) is 28.6 Å². The first-order valence-corrected chi connectivity index (χ1v) is 10.2. The average Bonchev–Trinajstić information content (AvgIpc) is 3.17. The van der Waals surface area contributed by atoms with Gasteiger partial charge >= 0.3 is 5.97 Å². The zero-order chi connectivity index (χ0) is 21.8. The summed E-state index contributed by atoms with van der Waals surface area (Å²) >= 11 is 11.2. The van der Waals surface area contributed by atoms with E-state index in [1.165, 1.54) is 12.1 Å². The molecule has 0 radical (unpaired) electrons. The Morgan fingerprint density at radius 1 is 1.33 bits per heavy atom. The highest BCUT2D eigenvalue weighted by Crippen LogP contribution is 2.37. The molecule has 10 heteroatoms. The number of carbonyl (C=O) groups excluding carboxylic acids is 1. The van der Waals surface area contributed by atoms with Gasteiger partial charge in [-0.05, 0) is 49.8 Å². The minimum atomic E-state index is -0.681. The molecule has 158 valence electrons. The van der Waals surface area contributed by atoms with Gasteiger partial charge in [-0.3, -0.25) is 10.1 Å². The molecule has 0 fully saturated rings. The van der Waals surface area contributed by atoms with E-state index in [4.69, 9.17) is 33.0 Å². The minimum absolute atomic E-state index is 0.176. The summed E-state index contributed by atoms with van der Waals surface area (Å²) in [5, 5.41) is 18.1. The van der Waals surface area contributed by atoms with Crippen molar-refractivity contribution in [1.82, 2.24) is 10.6 Å². The number of rotatable bonds is 7. The zero-order valence-corrected chi connectivity index (χ0v) is 17.9. The molecule has 0 spiro atoms. The standard InChI is InChI=1S/C20H20ClN3O5S/c1-3-5-13-17(19(25)28-4-2)18(23-20(30)22-13)16-9-8-15(29-16)12-7-6-11(21)10-14(12)24(26)27/h6-10,18H,3-5H2,1-2H3,(H2,22,23,30)/t18-/m0/s1. The summed E-state index contributed by atoms with van der Waals surface area (Å²) in [4.78, 5) is 23.6. The van der Waals surface area contributed by atoms with Crippen LogP contribution in [0.2, 0.25) is 5.02 Å². The van der Waals surface area contributed by atoms with E-state index in [1.54, 1.807) is 25.1 Å². The SMILES string of the molecule is CCCC1=C(C(=O)OCC)[C@H](c2ccc(-c3ccc(Cl)cc3[N+](=O)[O-])o2)NC(=S)N1. The first-order valence-electron chi connectivity index (χ1n) is 9.37. The van der Waals surface area contributed by atoms with E-state index in [2.05, 4.69) is 10.6 Å². The Morgan fingerprint density at radius 2 is 2.10 bits per heavy atom. The van der Waals surface area contributed by atoms with Crippen molar-refractivity contribution < 1.29 is 18.9 Å². The van der Waals surface area contributed by atoms with Gasteiger partial charge in [0.2, 0.25) is 0 Å². The number of thiocarbonyl (C=S) groups is 1. The highest BCUT2D eigenvalue weighted by atomic mass is 35.5. The number of esters is 1. The number of halogens is 1. The van der Waals surface area contributed by atoms with Crippen molar-refractivity contribution in [2.24, 2.45) is 0 Å². The first-order chi connectivity index (χ1) is 14.3. The van der Waals surface area contributed by atoms with E-state index >= 15 is 0 Å². The van der Waals surface area contributed by atoms with Gasteiger partial charge in [0.05, 0.1) is 22.7 Å². The maximum Gasteiger partial charge on any atom is 0.338 e. The largest absolute Gasteiger partial charge is 0.463 e. The number of nitro groups is 1. The lowest BCUT2D eigenvalue weighted by atomic mass is 9.98. The maximum atomic E-state index is 12.7. The third-order valence-electron chi connectivity index (χ3n) is 4.48. The van der Waals surface area contributed by atoms with E-state index in [1.807, 2.05) is 6.92 Å². The van der Waals surface area contributed by atoms with E-state index in [0.717, 1.165) is 6.42 Å². The summed E-state index contributed by atoms with van der Waals surface area (Å²) < 4.78 is 11.2. The molecule has 0 aliphatic carbocycles. The Hall–Kier alpha value is -2.91. The van der Waals surface area contributed by atoms with Crippen LogP contribution >= 0.6 is 23.8 Å². The number of hydrogen-bond acceptors (Lipinski definition) is 6. The van der Waals surface area contributed by atoms with Crippen LogP contribution in [-0.4, -0.2) is 22.6 Å². The summed E-state index contributed by atoms with van der Waals surface area (Å²) in [5.41, 5.74) is 1.14. The minimum Gasteiger partial charge on any atom is -0.463 e. The fourth-order valence-electron chi connectivity index (χ4n) is 3.25. The van der Waals surface area contributed by atoms with Gasteiger partial charge in [0.1, 0.15) is 17.6 Å². The van der Waals surface area contributed by atoms with Crippen molar-refractivity contribution in [3.05, 3.63) is 62.5 Å². The highest BCUT2D eigenvalue weighted by Gasteiger charge is 2.34. The number of ether oxygens (including phenoxy) is 1. The number of furan rings is 1. The monoisotopic (exact) mass is 449 g/mol. The van der Waals surface area contributed by atoms with Crippen LogP contribution in [0.4, 0.5) is 5.69 Å². The van der Waals surface area contributed by atoms with Crippen LogP contribution < -0.4 is 10.6 Å². The third-order valence-corrected chi connectivity index (χ3v) is 4.94. The van der Waals surface area contributed by atoms with Crippen molar-refractivity contribution in [3.63, 3.8) is 0 Å². The van der Waals surface area contributed by atoms with Gasteiger partial charge in [0.15, 0.2) is 5.11 Å². The Labute approximate surface area is 183 Å². The van der Waals surface area contributed by atoms with Gasteiger partial charge in [-0.15, -0.1) is 0 Å². The molecule has 2 heterocycles. The Kier molecular flexibility index (Phi) is 6.73. The summed E-state index contributed by atoms with van der Waals surface area (Å²) in [5.74, 6) is 0.179. The van der Waals surface area contributed by atoms with Crippen LogP contribution in [0.1, 0.15) is 38.5 Å². The second-order valence-corrected chi connectivity index (χ2v) is 7.36. The highest BCUT2D eigenvalue weighted by molar-refractivity contribution is 7.80.